The lowest BCUT2D eigenvalue weighted by atomic mass is 10.2. The van der Waals surface area contributed by atoms with Crippen LogP contribution < -0.4 is 5.32 Å². The van der Waals surface area contributed by atoms with E-state index in [4.69, 9.17) is 4.74 Å². The Kier molecular flexibility index (Phi) is 4.94. The zero-order valence-corrected chi connectivity index (χ0v) is 9.58. The van der Waals surface area contributed by atoms with Crippen LogP contribution in [-0.2, 0) is 15.8 Å². The average molecular weight is 242 g/mol. The van der Waals surface area contributed by atoms with E-state index in [2.05, 4.69) is 5.32 Å². The molecule has 0 aromatic heterocycles. The van der Waals surface area contributed by atoms with E-state index in [1.54, 1.807) is 31.2 Å². The van der Waals surface area contributed by atoms with Gasteiger partial charge in [-0.2, -0.15) is 0 Å². The number of rotatable bonds is 5. The third-order valence-electron chi connectivity index (χ3n) is 1.79. The van der Waals surface area contributed by atoms with Crippen molar-refractivity contribution in [3.05, 3.63) is 29.8 Å². The molecule has 0 amide bonds. The Morgan fingerprint density at radius 1 is 1.44 bits per heavy atom. The van der Waals surface area contributed by atoms with E-state index in [0.717, 1.165) is 0 Å². The molecule has 1 aromatic rings. The molecule has 0 bridgehead atoms. The molecule has 0 saturated carbocycles. The van der Waals surface area contributed by atoms with Gasteiger partial charge in [0.15, 0.2) is 0 Å². The highest BCUT2D eigenvalue weighted by atomic mass is 32.2. The molecule has 5 nitrogen and oxygen atoms in total. The van der Waals surface area contributed by atoms with Gasteiger partial charge < -0.3 is 14.6 Å². The van der Waals surface area contributed by atoms with Crippen LogP contribution in [-0.4, -0.2) is 27.2 Å². The summed E-state index contributed by atoms with van der Waals surface area (Å²) in [6, 6.07) is 6.40. The Balaban J connectivity index is 2.60. The molecule has 0 saturated heterocycles. The third kappa shape index (κ3) is 4.00. The topological polar surface area (TPSA) is 78.5 Å². The first-order chi connectivity index (χ1) is 7.63. The van der Waals surface area contributed by atoms with Gasteiger partial charge in [-0.15, -0.1) is 0 Å². The Labute approximate surface area is 96.1 Å². The average Bonchev–Trinajstić information content (AvgIpc) is 2.27. The highest BCUT2D eigenvalue weighted by molar-refractivity contribution is 7.79. The van der Waals surface area contributed by atoms with Crippen LogP contribution in [0.1, 0.15) is 17.3 Å². The van der Waals surface area contributed by atoms with Gasteiger partial charge in [0.25, 0.3) is 0 Å². The minimum atomic E-state index is -2.14. The zero-order chi connectivity index (χ0) is 12.0. The summed E-state index contributed by atoms with van der Waals surface area (Å²) in [5, 5.41) is 2.68. The lowest BCUT2D eigenvalue weighted by molar-refractivity contribution is 0.0526. The molecule has 1 unspecified atom stereocenters. The summed E-state index contributed by atoms with van der Waals surface area (Å²) in [4.78, 5) is 11.3. The number of nitrogens with one attached hydrogen (secondary N) is 1. The van der Waals surface area contributed by atoms with Crippen molar-refractivity contribution < 1.29 is 18.3 Å². The number of anilines is 1. The van der Waals surface area contributed by atoms with Crippen molar-refractivity contribution in [1.29, 1.82) is 0 Å². The number of benzene rings is 1. The van der Waals surface area contributed by atoms with E-state index in [0.29, 0.717) is 17.9 Å². The van der Waals surface area contributed by atoms with Crippen LogP contribution >= 0.6 is 0 Å². The van der Waals surface area contributed by atoms with Gasteiger partial charge in [-0.25, -0.2) is 4.79 Å². The summed E-state index contributed by atoms with van der Waals surface area (Å²) in [6.07, 6.45) is 0. The minimum absolute atomic E-state index is 0.154. The number of carbonyl (C=O) groups is 1. The predicted molar refractivity (Wildman–Crippen MR) is 59.8 cm³/mol. The van der Waals surface area contributed by atoms with Crippen molar-refractivity contribution in [2.75, 3.05) is 17.8 Å². The molecule has 1 N–H and O–H groups in total. The van der Waals surface area contributed by atoms with Gasteiger partial charge in [-0.1, -0.05) is 0 Å². The van der Waals surface area contributed by atoms with E-state index in [-0.39, 0.29) is 11.8 Å². The van der Waals surface area contributed by atoms with Crippen molar-refractivity contribution in [2.45, 2.75) is 6.92 Å². The summed E-state index contributed by atoms with van der Waals surface area (Å²) in [5.41, 5.74) is 1.08. The quantitative estimate of drug-likeness (QED) is 0.618. The zero-order valence-electron chi connectivity index (χ0n) is 8.76. The fourth-order valence-electron chi connectivity index (χ4n) is 1.08. The molecule has 16 heavy (non-hydrogen) atoms. The standard InChI is InChI=1S/C10H13NO4S/c1-2-15-10(12)8-3-5-9(6-4-8)11-7-16(13)14/h3-6,11H,2,7H2,1H3,(H,13,14)/p-1. The maximum atomic E-state index is 11.3. The van der Waals surface area contributed by atoms with Crippen LogP contribution in [0.3, 0.4) is 0 Å². The molecule has 0 heterocycles. The molecule has 1 atom stereocenters. The molecular formula is C10H12NO4S-. The smallest absolute Gasteiger partial charge is 0.338 e. The Hall–Kier alpha value is -1.40. The van der Waals surface area contributed by atoms with Gasteiger partial charge in [-0.3, -0.25) is 4.21 Å². The largest absolute Gasteiger partial charge is 0.771 e. The van der Waals surface area contributed by atoms with E-state index in [1.165, 1.54) is 0 Å². The first-order valence-electron chi connectivity index (χ1n) is 4.70. The molecular weight excluding hydrogens is 230 g/mol. The Morgan fingerprint density at radius 2 is 2.06 bits per heavy atom. The van der Waals surface area contributed by atoms with Crippen molar-refractivity contribution in [1.82, 2.24) is 0 Å². The van der Waals surface area contributed by atoms with Gasteiger partial charge in [0.2, 0.25) is 0 Å². The van der Waals surface area contributed by atoms with Gasteiger partial charge in [-0.05, 0) is 42.3 Å². The Morgan fingerprint density at radius 3 is 2.56 bits per heavy atom. The second-order valence-electron chi connectivity index (χ2n) is 2.92. The maximum Gasteiger partial charge on any atom is 0.338 e. The number of esters is 1. The third-order valence-corrected chi connectivity index (χ3v) is 2.17. The maximum absolute atomic E-state index is 11.3. The van der Waals surface area contributed by atoms with Crippen LogP contribution in [0.5, 0.6) is 0 Å². The van der Waals surface area contributed by atoms with Crippen molar-refractivity contribution in [3.8, 4) is 0 Å². The van der Waals surface area contributed by atoms with Crippen LogP contribution in [0, 0.1) is 0 Å². The first kappa shape index (κ1) is 12.7. The summed E-state index contributed by atoms with van der Waals surface area (Å²) in [7, 11) is 0. The molecule has 0 radical (unpaired) electrons. The first-order valence-corrected chi connectivity index (χ1v) is 5.94. The Bertz CT molecular complexity index is 377. The van der Waals surface area contributed by atoms with Crippen molar-refractivity contribution in [3.63, 3.8) is 0 Å². The van der Waals surface area contributed by atoms with Crippen LogP contribution in [0.4, 0.5) is 5.69 Å². The van der Waals surface area contributed by atoms with Gasteiger partial charge in [0.05, 0.1) is 18.0 Å². The highest BCUT2D eigenvalue weighted by Gasteiger charge is 2.04. The van der Waals surface area contributed by atoms with E-state index in [1.807, 2.05) is 0 Å². The number of hydrogen-bond acceptors (Lipinski definition) is 5. The van der Waals surface area contributed by atoms with Crippen molar-refractivity contribution >= 4 is 22.7 Å². The predicted octanol–water partition coefficient (Wildman–Crippen LogP) is 1.11. The monoisotopic (exact) mass is 242 g/mol. The number of hydrogen-bond donors (Lipinski definition) is 1. The molecule has 88 valence electrons. The van der Waals surface area contributed by atoms with Crippen LogP contribution in [0.25, 0.3) is 0 Å². The summed E-state index contributed by atoms with van der Waals surface area (Å²) in [5.74, 6) is -0.542. The molecule has 0 aliphatic carbocycles. The van der Waals surface area contributed by atoms with E-state index >= 15 is 0 Å². The molecule has 1 rings (SSSR count). The second kappa shape index (κ2) is 6.24. The van der Waals surface area contributed by atoms with E-state index in [9.17, 15) is 13.6 Å². The number of carbonyl (C=O) groups excluding carboxylic acids is 1. The molecule has 0 spiro atoms. The van der Waals surface area contributed by atoms with Gasteiger partial charge >= 0.3 is 5.97 Å². The molecule has 0 aliphatic rings. The fourth-order valence-corrected chi connectivity index (χ4v) is 1.37. The highest BCUT2D eigenvalue weighted by Crippen LogP contribution is 2.10. The normalized spacial score (nSPS) is 11.9. The SMILES string of the molecule is CCOC(=O)c1ccc(NCS(=O)[O-])cc1. The molecule has 0 fully saturated rings. The fraction of sp³-hybridized carbons (Fsp3) is 0.300. The molecule has 6 heteroatoms. The summed E-state index contributed by atoms with van der Waals surface area (Å²) in [6.45, 7) is 2.06. The minimum Gasteiger partial charge on any atom is -0.771 e. The molecule has 1 aromatic carbocycles. The lowest BCUT2D eigenvalue weighted by Gasteiger charge is -2.08. The van der Waals surface area contributed by atoms with E-state index < -0.39 is 11.1 Å². The number of ether oxygens (including phenoxy) is 1. The van der Waals surface area contributed by atoms with Crippen LogP contribution in [0.15, 0.2) is 24.3 Å². The van der Waals surface area contributed by atoms with Gasteiger partial charge in [0.1, 0.15) is 0 Å². The van der Waals surface area contributed by atoms with Crippen LogP contribution in [0.2, 0.25) is 0 Å². The van der Waals surface area contributed by atoms with Gasteiger partial charge in [0, 0.05) is 5.69 Å². The molecule has 0 aliphatic heterocycles. The lowest BCUT2D eigenvalue weighted by Crippen LogP contribution is -2.08. The summed E-state index contributed by atoms with van der Waals surface area (Å²) >= 11 is -2.14. The summed E-state index contributed by atoms with van der Waals surface area (Å²) < 4.78 is 25.4. The second-order valence-corrected chi connectivity index (χ2v) is 3.82. The van der Waals surface area contributed by atoms with Crippen molar-refractivity contribution in [2.24, 2.45) is 0 Å².